The Hall–Kier alpha value is -4.39. The van der Waals surface area contributed by atoms with Gasteiger partial charge in [0, 0.05) is 16.8 Å². The van der Waals surface area contributed by atoms with Crippen molar-refractivity contribution in [1.82, 2.24) is 10.6 Å². The zero-order valence-corrected chi connectivity index (χ0v) is 21.5. The summed E-state index contributed by atoms with van der Waals surface area (Å²) < 4.78 is 0. The van der Waals surface area contributed by atoms with Crippen molar-refractivity contribution >= 4 is 34.8 Å². The zero-order chi connectivity index (χ0) is 26.6. The van der Waals surface area contributed by atoms with Crippen LogP contribution in [-0.2, 0) is 9.59 Å². The highest BCUT2D eigenvalue weighted by Crippen LogP contribution is 2.35. The molecule has 4 amide bonds. The summed E-state index contributed by atoms with van der Waals surface area (Å²) in [7, 11) is 0. The molecule has 3 aromatic rings. The zero-order valence-electron chi connectivity index (χ0n) is 21.5. The molecule has 3 N–H and O–H groups in total. The standard InChI is InChI=1S/C30H32N4O3/c1-20-14-16-22(17-15-20)31-29(37)32-25-18-24(21-10-6-5-7-11-21)23-12-8-9-13-26(23)34(28(25)36)19-27(35)33-30(2,3)4/h5-18,25H,19H2,1-4H3,(H,33,35)(H2,31,32,37). The van der Waals surface area contributed by atoms with E-state index in [1.165, 1.54) is 4.90 Å². The molecule has 1 unspecified atom stereocenters. The van der Waals surface area contributed by atoms with Gasteiger partial charge in [0.05, 0.1) is 5.69 Å². The van der Waals surface area contributed by atoms with Crippen LogP contribution in [0.5, 0.6) is 0 Å². The quantitative estimate of drug-likeness (QED) is 0.470. The van der Waals surface area contributed by atoms with E-state index < -0.39 is 23.5 Å². The summed E-state index contributed by atoms with van der Waals surface area (Å²) in [5.41, 5.74) is 4.33. The lowest BCUT2D eigenvalue weighted by molar-refractivity contribution is -0.125. The van der Waals surface area contributed by atoms with Gasteiger partial charge in [-0.2, -0.15) is 0 Å². The predicted molar refractivity (Wildman–Crippen MR) is 147 cm³/mol. The number of para-hydroxylation sites is 1. The molecule has 7 heteroatoms. The van der Waals surface area contributed by atoms with Crippen LogP contribution < -0.4 is 20.9 Å². The van der Waals surface area contributed by atoms with Crippen molar-refractivity contribution in [3.8, 4) is 0 Å². The summed E-state index contributed by atoms with van der Waals surface area (Å²) in [4.78, 5) is 41.2. The fourth-order valence-electron chi connectivity index (χ4n) is 4.23. The second kappa shape index (κ2) is 10.7. The number of aryl methyl sites for hydroxylation is 1. The van der Waals surface area contributed by atoms with Crippen LogP contribution in [-0.4, -0.2) is 36.0 Å². The Morgan fingerprint density at radius 1 is 0.892 bits per heavy atom. The first-order valence-corrected chi connectivity index (χ1v) is 12.2. The number of hydrogen-bond acceptors (Lipinski definition) is 3. The van der Waals surface area contributed by atoms with E-state index in [2.05, 4.69) is 16.0 Å². The van der Waals surface area contributed by atoms with Gasteiger partial charge in [-0.15, -0.1) is 0 Å². The maximum Gasteiger partial charge on any atom is 0.320 e. The van der Waals surface area contributed by atoms with Gasteiger partial charge in [0.2, 0.25) is 5.91 Å². The van der Waals surface area contributed by atoms with Gasteiger partial charge >= 0.3 is 6.03 Å². The van der Waals surface area contributed by atoms with E-state index in [4.69, 9.17) is 0 Å². The number of urea groups is 1. The Morgan fingerprint density at radius 3 is 2.22 bits per heavy atom. The Labute approximate surface area is 217 Å². The maximum absolute atomic E-state index is 13.9. The first kappa shape index (κ1) is 25.7. The topological polar surface area (TPSA) is 90.5 Å². The van der Waals surface area contributed by atoms with Crippen LogP contribution in [0.15, 0.2) is 84.9 Å². The number of benzene rings is 3. The second-order valence-electron chi connectivity index (χ2n) is 10.1. The Balaban J connectivity index is 1.72. The van der Waals surface area contributed by atoms with Crippen LogP contribution in [0.4, 0.5) is 16.2 Å². The minimum atomic E-state index is -1.00. The molecule has 0 spiro atoms. The number of rotatable bonds is 5. The first-order chi connectivity index (χ1) is 17.6. The van der Waals surface area contributed by atoms with Crippen LogP contribution in [0.2, 0.25) is 0 Å². The second-order valence-corrected chi connectivity index (χ2v) is 10.1. The molecule has 0 bridgehead atoms. The van der Waals surface area contributed by atoms with Crippen molar-refractivity contribution in [1.29, 1.82) is 0 Å². The lowest BCUT2D eigenvalue weighted by Crippen LogP contribution is -2.52. The lowest BCUT2D eigenvalue weighted by Gasteiger charge is -2.28. The van der Waals surface area contributed by atoms with Crippen molar-refractivity contribution in [3.63, 3.8) is 0 Å². The van der Waals surface area contributed by atoms with Crippen molar-refractivity contribution in [3.05, 3.63) is 102 Å². The molecule has 1 aliphatic heterocycles. The molecular weight excluding hydrogens is 464 g/mol. The van der Waals surface area contributed by atoms with Crippen LogP contribution in [0, 0.1) is 6.92 Å². The van der Waals surface area contributed by atoms with Crippen LogP contribution in [0.25, 0.3) is 5.57 Å². The van der Waals surface area contributed by atoms with E-state index in [1.807, 2.05) is 94.4 Å². The summed E-state index contributed by atoms with van der Waals surface area (Å²) >= 11 is 0. The third-order valence-corrected chi connectivity index (χ3v) is 5.85. The van der Waals surface area contributed by atoms with Crippen molar-refractivity contribution in [2.24, 2.45) is 0 Å². The van der Waals surface area contributed by atoms with Gasteiger partial charge in [-0.1, -0.05) is 66.2 Å². The molecule has 4 rings (SSSR count). The molecule has 1 atom stereocenters. The molecule has 3 aromatic carbocycles. The molecule has 190 valence electrons. The molecule has 0 aliphatic carbocycles. The van der Waals surface area contributed by atoms with Crippen LogP contribution in [0.1, 0.15) is 37.5 Å². The molecule has 7 nitrogen and oxygen atoms in total. The minimum Gasteiger partial charge on any atom is -0.350 e. The molecule has 37 heavy (non-hydrogen) atoms. The monoisotopic (exact) mass is 496 g/mol. The van der Waals surface area contributed by atoms with E-state index in [0.29, 0.717) is 11.4 Å². The van der Waals surface area contributed by atoms with Gasteiger partial charge in [0.15, 0.2) is 0 Å². The summed E-state index contributed by atoms with van der Waals surface area (Å²) in [5.74, 6) is -0.692. The fourth-order valence-corrected chi connectivity index (χ4v) is 4.23. The summed E-state index contributed by atoms with van der Waals surface area (Å²) in [6.07, 6.45) is 1.76. The Kier molecular flexibility index (Phi) is 7.43. The number of carbonyl (C=O) groups excluding carboxylic acids is 3. The molecule has 0 saturated heterocycles. The van der Waals surface area contributed by atoms with Gasteiger partial charge in [0.25, 0.3) is 5.91 Å². The van der Waals surface area contributed by atoms with Crippen molar-refractivity contribution in [2.75, 3.05) is 16.8 Å². The fraction of sp³-hybridized carbons (Fsp3) is 0.233. The van der Waals surface area contributed by atoms with Gasteiger partial charge in [0.1, 0.15) is 12.6 Å². The van der Waals surface area contributed by atoms with E-state index >= 15 is 0 Å². The van der Waals surface area contributed by atoms with E-state index in [9.17, 15) is 14.4 Å². The molecule has 0 saturated carbocycles. The van der Waals surface area contributed by atoms with E-state index in [1.54, 1.807) is 18.2 Å². The number of hydrogen-bond donors (Lipinski definition) is 3. The highest BCUT2D eigenvalue weighted by atomic mass is 16.2. The molecule has 0 fully saturated rings. The number of carbonyl (C=O) groups is 3. The Bertz CT molecular complexity index is 1320. The van der Waals surface area contributed by atoms with Crippen LogP contribution in [0.3, 0.4) is 0 Å². The molecular formula is C30H32N4O3. The number of nitrogens with one attached hydrogen (secondary N) is 3. The van der Waals surface area contributed by atoms with Crippen LogP contribution >= 0.6 is 0 Å². The largest absolute Gasteiger partial charge is 0.350 e. The third-order valence-electron chi connectivity index (χ3n) is 5.85. The average molecular weight is 497 g/mol. The predicted octanol–water partition coefficient (Wildman–Crippen LogP) is 4.88. The van der Waals surface area contributed by atoms with Crippen molar-refractivity contribution in [2.45, 2.75) is 39.3 Å². The third kappa shape index (κ3) is 6.44. The normalized spacial score (nSPS) is 15.2. The van der Waals surface area contributed by atoms with E-state index in [-0.39, 0.29) is 12.5 Å². The summed E-state index contributed by atoms with van der Waals surface area (Å²) in [6, 6.07) is 23.0. The molecule has 0 aromatic heterocycles. The number of nitrogens with zero attached hydrogens (tertiary/aromatic N) is 1. The Morgan fingerprint density at radius 2 is 1.54 bits per heavy atom. The molecule has 1 heterocycles. The molecule has 0 radical (unpaired) electrons. The summed E-state index contributed by atoms with van der Waals surface area (Å²) in [5, 5.41) is 8.52. The average Bonchev–Trinajstić information content (AvgIpc) is 2.95. The number of fused-ring (bicyclic) bond motifs is 1. The van der Waals surface area contributed by atoms with Gasteiger partial charge < -0.3 is 20.9 Å². The number of amides is 4. The minimum absolute atomic E-state index is 0.180. The first-order valence-electron chi connectivity index (χ1n) is 12.2. The molecule has 1 aliphatic rings. The van der Waals surface area contributed by atoms with Gasteiger partial charge in [-0.05, 0) is 63.1 Å². The highest BCUT2D eigenvalue weighted by Gasteiger charge is 2.33. The summed E-state index contributed by atoms with van der Waals surface area (Å²) in [6.45, 7) is 7.45. The van der Waals surface area contributed by atoms with Gasteiger partial charge in [-0.25, -0.2) is 4.79 Å². The smallest absolute Gasteiger partial charge is 0.320 e. The number of anilines is 2. The van der Waals surface area contributed by atoms with Gasteiger partial charge in [-0.3, -0.25) is 9.59 Å². The maximum atomic E-state index is 13.9. The van der Waals surface area contributed by atoms with E-state index in [0.717, 1.165) is 22.3 Å². The highest BCUT2D eigenvalue weighted by molar-refractivity contribution is 6.09. The SMILES string of the molecule is Cc1ccc(NC(=O)NC2C=C(c3ccccc3)c3ccccc3N(CC(=O)NC(C)(C)C)C2=O)cc1. The van der Waals surface area contributed by atoms with Crippen molar-refractivity contribution < 1.29 is 14.4 Å². The lowest BCUT2D eigenvalue weighted by atomic mass is 9.95.